The molecule has 0 aromatic rings. The Morgan fingerprint density at radius 1 is 1.42 bits per heavy atom. The molecule has 144 valence electrons. The Kier molecular flexibility index (Phi) is 5.25. The minimum atomic E-state index is -3.15. The van der Waals surface area contributed by atoms with Gasteiger partial charge in [0.25, 0.3) is 5.91 Å². The van der Waals surface area contributed by atoms with Gasteiger partial charge in [-0.05, 0) is 19.9 Å². The normalized spacial score (nSPS) is 31.9. The summed E-state index contributed by atoms with van der Waals surface area (Å²) in [6.45, 7) is 4.99. The molecule has 0 spiro atoms. The average Bonchev–Trinajstić information content (AvgIpc) is 3.14. The van der Waals surface area contributed by atoms with Crippen molar-refractivity contribution in [2.24, 2.45) is 11.8 Å². The van der Waals surface area contributed by atoms with Gasteiger partial charge in [-0.2, -0.15) is 8.78 Å². The molecule has 3 aliphatic rings. The van der Waals surface area contributed by atoms with Gasteiger partial charge in [-0.3, -0.25) is 9.59 Å². The Morgan fingerprint density at radius 3 is 2.65 bits per heavy atom. The van der Waals surface area contributed by atoms with Crippen molar-refractivity contribution in [2.45, 2.75) is 44.0 Å². The standard InChI is InChI=1S/C16H21F2N3O4S/c1-6-10-9(7(2)20-14(22)13(17)18)15(23)21(10)11(16(24)25)12(6)26-8-3-4-19-5-8/h6-10,13,19H,3-5H2,1-2H3,(H,20,22)(H,24,25)/t6-,7-,8+,9-,10-/m1/s1. The van der Waals surface area contributed by atoms with E-state index in [1.807, 2.05) is 6.92 Å². The number of carboxylic acids is 1. The maximum atomic E-state index is 12.5. The van der Waals surface area contributed by atoms with Crippen LogP contribution in [0, 0.1) is 11.8 Å². The highest BCUT2D eigenvalue weighted by Gasteiger charge is 2.60. The smallest absolute Gasteiger partial charge is 0.353 e. The average molecular weight is 389 g/mol. The van der Waals surface area contributed by atoms with Crippen LogP contribution < -0.4 is 10.6 Å². The minimum Gasteiger partial charge on any atom is -0.477 e. The topological polar surface area (TPSA) is 98.7 Å². The number of fused-ring (bicyclic) bond motifs is 1. The van der Waals surface area contributed by atoms with E-state index in [-0.39, 0.29) is 16.9 Å². The van der Waals surface area contributed by atoms with E-state index in [1.54, 1.807) is 0 Å². The van der Waals surface area contributed by atoms with Crippen molar-refractivity contribution >= 4 is 29.5 Å². The third-order valence-corrected chi connectivity index (χ3v) is 6.76. The van der Waals surface area contributed by atoms with Crippen LogP contribution in [0.2, 0.25) is 0 Å². The number of rotatable bonds is 6. The number of amides is 2. The van der Waals surface area contributed by atoms with Crippen molar-refractivity contribution in [3.63, 3.8) is 0 Å². The summed E-state index contributed by atoms with van der Waals surface area (Å²) in [6, 6.07) is -1.22. The highest BCUT2D eigenvalue weighted by atomic mass is 32.2. The van der Waals surface area contributed by atoms with Crippen LogP contribution in [-0.4, -0.2) is 64.6 Å². The second-order valence-electron chi connectivity index (χ2n) is 6.86. The van der Waals surface area contributed by atoms with Crippen LogP contribution in [0.5, 0.6) is 0 Å². The molecule has 3 rings (SSSR count). The van der Waals surface area contributed by atoms with Crippen molar-refractivity contribution < 1.29 is 28.3 Å². The fourth-order valence-corrected chi connectivity index (χ4v) is 5.43. The number of halogens is 2. The van der Waals surface area contributed by atoms with E-state index in [0.29, 0.717) is 4.91 Å². The molecule has 3 N–H and O–H groups in total. The van der Waals surface area contributed by atoms with Gasteiger partial charge >= 0.3 is 12.4 Å². The third-order valence-electron chi connectivity index (χ3n) is 5.21. The predicted octanol–water partition coefficient (Wildman–Crippen LogP) is 0.624. The Morgan fingerprint density at radius 2 is 2.12 bits per heavy atom. The Labute approximate surface area is 153 Å². The number of carboxylic acid groups (broad SMARTS) is 1. The molecule has 0 bridgehead atoms. The summed E-state index contributed by atoms with van der Waals surface area (Å²) in [5.41, 5.74) is -0.00645. The number of β-lactam (4-membered cyclic amide) rings is 1. The molecule has 0 radical (unpaired) electrons. The van der Waals surface area contributed by atoms with Gasteiger partial charge in [0.1, 0.15) is 5.70 Å². The number of carbonyl (C=O) groups excluding carboxylic acids is 2. The third kappa shape index (κ3) is 3.09. The van der Waals surface area contributed by atoms with Crippen molar-refractivity contribution in [1.82, 2.24) is 15.5 Å². The van der Waals surface area contributed by atoms with Gasteiger partial charge in [-0.1, -0.05) is 6.92 Å². The monoisotopic (exact) mass is 389 g/mol. The molecule has 0 aromatic carbocycles. The largest absolute Gasteiger partial charge is 0.477 e. The summed E-state index contributed by atoms with van der Waals surface area (Å²) in [4.78, 5) is 37.5. The van der Waals surface area contributed by atoms with Crippen LogP contribution in [0.1, 0.15) is 20.3 Å². The number of alkyl halides is 2. The molecule has 10 heteroatoms. The number of hydrogen-bond donors (Lipinski definition) is 3. The van der Waals surface area contributed by atoms with Gasteiger partial charge < -0.3 is 20.6 Å². The lowest BCUT2D eigenvalue weighted by Crippen LogP contribution is -2.66. The first-order valence-electron chi connectivity index (χ1n) is 8.50. The predicted molar refractivity (Wildman–Crippen MR) is 90.4 cm³/mol. The molecule has 2 saturated heterocycles. The van der Waals surface area contributed by atoms with Crippen LogP contribution >= 0.6 is 11.8 Å². The van der Waals surface area contributed by atoms with Crippen LogP contribution in [0.3, 0.4) is 0 Å². The minimum absolute atomic E-state index is 0.00645. The second-order valence-corrected chi connectivity index (χ2v) is 8.20. The number of carbonyl (C=O) groups is 3. The fourth-order valence-electron chi connectivity index (χ4n) is 3.98. The van der Waals surface area contributed by atoms with E-state index in [4.69, 9.17) is 0 Å². The first-order valence-corrected chi connectivity index (χ1v) is 9.38. The first-order chi connectivity index (χ1) is 12.2. The van der Waals surface area contributed by atoms with Crippen LogP contribution in [0.25, 0.3) is 0 Å². The molecule has 0 aliphatic carbocycles. The number of hydrogen-bond acceptors (Lipinski definition) is 5. The molecule has 3 aliphatic heterocycles. The molecule has 26 heavy (non-hydrogen) atoms. The van der Waals surface area contributed by atoms with Crippen LogP contribution in [0.15, 0.2) is 10.6 Å². The summed E-state index contributed by atoms with van der Waals surface area (Å²) in [7, 11) is 0. The van der Waals surface area contributed by atoms with Gasteiger partial charge in [-0.15, -0.1) is 11.8 Å². The van der Waals surface area contributed by atoms with E-state index in [9.17, 15) is 28.3 Å². The summed E-state index contributed by atoms with van der Waals surface area (Å²) >= 11 is 1.48. The highest BCUT2D eigenvalue weighted by molar-refractivity contribution is 8.03. The van der Waals surface area contributed by atoms with E-state index >= 15 is 0 Å². The van der Waals surface area contributed by atoms with Gasteiger partial charge in [0, 0.05) is 28.7 Å². The molecule has 0 saturated carbocycles. The van der Waals surface area contributed by atoms with E-state index in [0.717, 1.165) is 19.5 Å². The zero-order chi connectivity index (χ0) is 19.2. The molecule has 2 amide bonds. The Hall–Kier alpha value is -1.68. The molecule has 7 nitrogen and oxygen atoms in total. The van der Waals surface area contributed by atoms with Gasteiger partial charge in [0.2, 0.25) is 5.91 Å². The Balaban J connectivity index is 1.79. The second kappa shape index (κ2) is 7.15. The summed E-state index contributed by atoms with van der Waals surface area (Å²) in [5.74, 6) is -3.96. The van der Waals surface area contributed by atoms with E-state index in [2.05, 4.69) is 10.6 Å². The molecular formula is C16H21F2N3O4S. The van der Waals surface area contributed by atoms with Crippen molar-refractivity contribution in [2.75, 3.05) is 13.1 Å². The highest BCUT2D eigenvalue weighted by Crippen LogP contribution is 2.51. The maximum Gasteiger partial charge on any atom is 0.353 e. The number of aliphatic carboxylic acids is 1. The van der Waals surface area contributed by atoms with Gasteiger partial charge in [0.15, 0.2) is 0 Å². The fraction of sp³-hybridized carbons (Fsp3) is 0.688. The number of thioether (sulfide) groups is 1. The molecule has 2 fully saturated rings. The molecule has 0 unspecified atom stereocenters. The molecule has 3 heterocycles. The zero-order valence-corrected chi connectivity index (χ0v) is 15.2. The molecule has 5 atom stereocenters. The summed E-state index contributed by atoms with van der Waals surface area (Å²) in [5, 5.41) is 15.2. The van der Waals surface area contributed by atoms with Gasteiger partial charge in [-0.25, -0.2) is 4.79 Å². The first kappa shape index (κ1) is 19.1. The lowest BCUT2D eigenvalue weighted by atomic mass is 9.78. The maximum absolute atomic E-state index is 12.5. The van der Waals surface area contributed by atoms with Crippen molar-refractivity contribution in [3.05, 3.63) is 10.6 Å². The molecule has 0 aromatic heterocycles. The van der Waals surface area contributed by atoms with Crippen LogP contribution in [-0.2, 0) is 14.4 Å². The number of nitrogens with zero attached hydrogens (tertiary/aromatic N) is 1. The van der Waals surface area contributed by atoms with Crippen molar-refractivity contribution in [1.29, 1.82) is 0 Å². The van der Waals surface area contributed by atoms with E-state index in [1.165, 1.54) is 23.6 Å². The zero-order valence-electron chi connectivity index (χ0n) is 14.4. The van der Waals surface area contributed by atoms with Gasteiger partial charge in [0.05, 0.1) is 12.0 Å². The summed E-state index contributed by atoms with van der Waals surface area (Å²) in [6.07, 6.45) is -2.24. The van der Waals surface area contributed by atoms with E-state index < -0.39 is 42.2 Å². The van der Waals surface area contributed by atoms with Crippen LogP contribution in [0.4, 0.5) is 8.78 Å². The lowest BCUT2D eigenvalue weighted by Gasteiger charge is -2.47. The summed E-state index contributed by atoms with van der Waals surface area (Å²) < 4.78 is 24.9. The quantitative estimate of drug-likeness (QED) is 0.576. The lowest BCUT2D eigenvalue weighted by molar-refractivity contribution is -0.159. The number of nitrogens with one attached hydrogen (secondary N) is 2. The molecular weight excluding hydrogens is 368 g/mol. The Bertz CT molecular complexity index is 666. The van der Waals surface area contributed by atoms with Crippen molar-refractivity contribution in [3.8, 4) is 0 Å². The SMILES string of the molecule is C[C@@H](NC(=O)C(F)F)[C@H]1C(=O)N2C(C(=O)O)=C(S[C@H]3CCNC3)[C@H](C)[C@H]12.